The summed E-state index contributed by atoms with van der Waals surface area (Å²) < 4.78 is 5.99. The highest BCUT2D eigenvalue weighted by Gasteiger charge is 2.15. The molecule has 0 aliphatic heterocycles. The Morgan fingerprint density at radius 3 is 2.68 bits per heavy atom. The second-order valence-corrected chi connectivity index (χ2v) is 3.83. The van der Waals surface area contributed by atoms with Gasteiger partial charge in [-0.3, -0.25) is 9.78 Å². The van der Waals surface area contributed by atoms with Crippen molar-refractivity contribution >= 4 is 5.97 Å². The van der Waals surface area contributed by atoms with Crippen molar-refractivity contribution in [2.24, 2.45) is 7.05 Å². The molecule has 2 aromatic rings. The molecule has 0 aromatic carbocycles. The first-order chi connectivity index (χ1) is 9.13. The summed E-state index contributed by atoms with van der Waals surface area (Å²) in [6.45, 7) is 1.91. The summed E-state index contributed by atoms with van der Waals surface area (Å²) in [4.78, 5) is 27.5. The summed E-state index contributed by atoms with van der Waals surface area (Å²) in [7, 11) is 1.50. The molecule has 0 bridgehead atoms. The molecule has 6 heteroatoms. The summed E-state index contributed by atoms with van der Waals surface area (Å²) in [6.07, 6.45) is 3.23. The molecule has 0 radical (unpaired) electrons. The molecule has 6 nitrogen and oxygen atoms in total. The van der Waals surface area contributed by atoms with Crippen LogP contribution in [0.15, 0.2) is 35.4 Å². The fourth-order valence-electron chi connectivity index (χ4n) is 1.63. The van der Waals surface area contributed by atoms with E-state index in [4.69, 9.17) is 4.74 Å². The number of esters is 1. The maximum atomic E-state index is 11.9. The van der Waals surface area contributed by atoms with Crippen molar-refractivity contribution < 1.29 is 9.53 Å². The van der Waals surface area contributed by atoms with Crippen molar-refractivity contribution in [2.75, 3.05) is 6.61 Å². The highest BCUT2D eigenvalue weighted by Crippen LogP contribution is 2.15. The predicted octanol–water partition coefficient (Wildman–Crippen LogP) is 1.02. The lowest BCUT2D eigenvalue weighted by molar-refractivity contribution is 0.0523. The summed E-state index contributed by atoms with van der Waals surface area (Å²) >= 11 is 0. The van der Waals surface area contributed by atoms with Gasteiger partial charge < -0.3 is 4.74 Å². The molecule has 0 amide bonds. The maximum absolute atomic E-state index is 11.9. The van der Waals surface area contributed by atoms with Crippen LogP contribution >= 0.6 is 0 Å². The molecule has 0 N–H and O–H groups in total. The Kier molecular flexibility index (Phi) is 3.70. The van der Waals surface area contributed by atoms with E-state index in [9.17, 15) is 9.59 Å². The molecule has 0 spiro atoms. The van der Waals surface area contributed by atoms with Crippen LogP contribution in [-0.4, -0.2) is 27.3 Å². The van der Waals surface area contributed by atoms with E-state index >= 15 is 0 Å². The lowest BCUT2D eigenvalue weighted by Crippen LogP contribution is -2.27. The van der Waals surface area contributed by atoms with Gasteiger partial charge in [-0.15, -0.1) is 0 Å². The average molecular weight is 259 g/mol. The molecule has 19 heavy (non-hydrogen) atoms. The Balaban J connectivity index is 2.54. The first kappa shape index (κ1) is 12.9. The van der Waals surface area contributed by atoms with Crippen LogP contribution in [0.2, 0.25) is 0 Å². The smallest absolute Gasteiger partial charge is 0.343 e. The number of hydrogen-bond donors (Lipinski definition) is 0. The van der Waals surface area contributed by atoms with Crippen LogP contribution in [0.1, 0.15) is 17.3 Å². The Morgan fingerprint density at radius 2 is 2.05 bits per heavy atom. The average Bonchev–Trinajstić information content (AvgIpc) is 2.43. The molecule has 0 fully saturated rings. The van der Waals surface area contributed by atoms with Crippen molar-refractivity contribution in [3.8, 4) is 11.3 Å². The third-order valence-electron chi connectivity index (χ3n) is 2.53. The molecule has 0 aliphatic carbocycles. The SMILES string of the molecule is CCOC(=O)c1cc(-c2ccncc2)nn(C)c1=O. The Hall–Kier alpha value is -2.50. The summed E-state index contributed by atoms with van der Waals surface area (Å²) in [5, 5.41) is 4.11. The summed E-state index contributed by atoms with van der Waals surface area (Å²) in [5.74, 6) is -0.638. The quantitative estimate of drug-likeness (QED) is 0.769. The monoisotopic (exact) mass is 259 g/mol. The van der Waals surface area contributed by atoms with Gasteiger partial charge in [0.25, 0.3) is 5.56 Å². The van der Waals surface area contributed by atoms with Crippen molar-refractivity contribution in [1.29, 1.82) is 0 Å². The van der Waals surface area contributed by atoms with Gasteiger partial charge in [-0.1, -0.05) is 0 Å². The van der Waals surface area contributed by atoms with E-state index in [0.717, 1.165) is 10.2 Å². The van der Waals surface area contributed by atoms with Crippen molar-refractivity contribution in [1.82, 2.24) is 14.8 Å². The number of hydrogen-bond acceptors (Lipinski definition) is 5. The van der Waals surface area contributed by atoms with Crippen molar-refractivity contribution in [3.63, 3.8) is 0 Å². The van der Waals surface area contributed by atoms with Gasteiger partial charge in [0.1, 0.15) is 5.56 Å². The molecule has 2 aromatic heterocycles. The van der Waals surface area contributed by atoms with E-state index in [1.165, 1.54) is 13.1 Å². The van der Waals surface area contributed by atoms with Gasteiger partial charge in [-0.2, -0.15) is 5.10 Å². The van der Waals surface area contributed by atoms with Crippen LogP contribution in [0.3, 0.4) is 0 Å². The van der Waals surface area contributed by atoms with Crippen LogP contribution in [0.25, 0.3) is 11.3 Å². The third kappa shape index (κ3) is 2.67. The van der Waals surface area contributed by atoms with E-state index in [0.29, 0.717) is 5.69 Å². The van der Waals surface area contributed by atoms with Crippen LogP contribution in [-0.2, 0) is 11.8 Å². The van der Waals surface area contributed by atoms with Gasteiger partial charge in [-0.25, -0.2) is 9.48 Å². The first-order valence-electron chi connectivity index (χ1n) is 5.79. The molecular weight excluding hydrogens is 246 g/mol. The maximum Gasteiger partial charge on any atom is 0.343 e. The minimum absolute atomic E-state index is 0.0221. The first-order valence-corrected chi connectivity index (χ1v) is 5.79. The third-order valence-corrected chi connectivity index (χ3v) is 2.53. The Morgan fingerprint density at radius 1 is 1.37 bits per heavy atom. The molecular formula is C13H13N3O3. The number of nitrogens with zero attached hydrogens (tertiary/aromatic N) is 3. The zero-order valence-corrected chi connectivity index (χ0v) is 10.7. The number of pyridine rings is 1. The summed E-state index contributed by atoms with van der Waals surface area (Å²) in [6, 6.07) is 4.94. The number of carbonyl (C=O) groups excluding carboxylic acids is 1. The van der Waals surface area contributed by atoms with E-state index in [2.05, 4.69) is 10.1 Å². The molecule has 2 heterocycles. The minimum Gasteiger partial charge on any atom is -0.462 e. The lowest BCUT2D eigenvalue weighted by atomic mass is 10.1. The van der Waals surface area contributed by atoms with Crippen LogP contribution in [0, 0.1) is 0 Å². The molecule has 0 atom stereocenters. The fourth-order valence-corrected chi connectivity index (χ4v) is 1.63. The molecule has 0 saturated heterocycles. The van der Waals surface area contributed by atoms with Crippen molar-refractivity contribution in [3.05, 3.63) is 46.5 Å². The predicted molar refractivity (Wildman–Crippen MR) is 68.7 cm³/mol. The lowest BCUT2D eigenvalue weighted by Gasteiger charge is -2.06. The van der Waals surface area contributed by atoms with Gasteiger partial charge in [-0.05, 0) is 25.1 Å². The number of carbonyl (C=O) groups is 1. The second-order valence-electron chi connectivity index (χ2n) is 3.83. The standard InChI is InChI=1S/C13H13N3O3/c1-3-19-13(18)10-8-11(15-16(2)12(10)17)9-4-6-14-7-5-9/h4-8H,3H2,1-2H3. The Bertz CT molecular complexity index is 650. The van der Waals surface area contributed by atoms with E-state index < -0.39 is 11.5 Å². The number of rotatable bonds is 3. The minimum atomic E-state index is -0.638. The van der Waals surface area contributed by atoms with Gasteiger partial charge in [0.2, 0.25) is 0 Å². The number of aryl methyl sites for hydroxylation is 1. The number of aromatic nitrogens is 3. The fraction of sp³-hybridized carbons (Fsp3) is 0.231. The van der Waals surface area contributed by atoms with E-state index in [1.807, 2.05) is 0 Å². The van der Waals surface area contributed by atoms with Crippen molar-refractivity contribution in [2.45, 2.75) is 6.92 Å². The topological polar surface area (TPSA) is 74.1 Å². The molecule has 2 rings (SSSR count). The zero-order valence-electron chi connectivity index (χ0n) is 10.7. The van der Waals surface area contributed by atoms with Gasteiger partial charge in [0.05, 0.1) is 12.3 Å². The van der Waals surface area contributed by atoms with Gasteiger partial charge in [0.15, 0.2) is 0 Å². The summed E-state index contributed by atoms with van der Waals surface area (Å²) in [5.41, 5.74) is 0.797. The van der Waals surface area contributed by atoms with Crippen LogP contribution < -0.4 is 5.56 Å². The van der Waals surface area contributed by atoms with E-state index in [1.54, 1.807) is 31.5 Å². The Labute approximate surface area is 109 Å². The molecule has 0 aliphatic rings. The largest absolute Gasteiger partial charge is 0.462 e. The molecule has 0 saturated carbocycles. The van der Waals surface area contributed by atoms with Gasteiger partial charge in [0, 0.05) is 25.0 Å². The zero-order chi connectivity index (χ0) is 13.8. The highest BCUT2D eigenvalue weighted by atomic mass is 16.5. The normalized spacial score (nSPS) is 10.2. The van der Waals surface area contributed by atoms with Gasteiger partial charge >= 0.3 is 5.97 Å². The highest BCUT2D eigenvalue weighted by molar-refractivity contribution is 5.90. The van der Waals surface area contributed by atoms with E-state index in [-0.39, 0.29) is 12.2 Å². The molecule has 98 valence electrons. The molecule has 0 unspecified atom stereocenters. The van der Waals surface area contributed by atoms with Crippen LogP contribution in [0.5, 0.6) is 0 Å². The van der Waals surface area contributed by atoms with Crippen LogP contribution in [0.4, 0.5) is 0 Å². The second kappa shape index (κ2) is 5.43. The number of ether oxygens (including phenoxy) is 1.